The second-order valence-corrected chi connectivity index (χ2v) is 8.47. The van der Waals surface area contributed by atoms with Crippen molar-refractivity contribution in [1.29, 1.82) is 0 Å². The van der Waals surface area contributed by atoms with E-state index in [1.807, 2.05) is 30.3 Å². The van der Waals surface area contributed by atoms with Gasteiger partial charge < -0.3 is 9.15 Å². The number of nitrogens with zero attached hydrogens (tertiary/aromatic N) is 1. The second kappa shape index (κ2) is 9.07. The van der Waals surface area contributed by atoms with Crippen LogP contribution in [0.1, 0.15) is 17.3 Å². The fourth-order valence-corrected chi connectivity index (χ4v) is 4.16. The third-order valence-corrected chi connectivity index (χ3v) is 6.02. The third-order valence-electron chi connectivity index (χ3n) is 4.64. The Labute approximate surface area is 185 Å². The number of sulfonamides is 1. The molecule has 0 amide bonds. The molecule has 0 atom stereocenters. The van der Waals surface area contributed by atoms with Crippen LogP contribution in [0, 0.1) is 0 Å². The molecule has 7 nitrogen and oxygen atoms in total. The lowest BCUT2D eigenvalue weighted by Gasteiger charge is -2.12. The fourth-order valence-electron chi connectivity index (χ4n) is 3.08. The summed E-state index contributed by atoms with van der Waals surface area (Å²) >= 11 is 0. The summed E-state index contributed by atoms with van der Waals surface area (Å²) in [5, 5.41) is 0. The van der Waals surface area contributed by atoms with Crippen LogP contribution < -0.4 is 4.72 Å². The van der Waals surface area contributed by atoms with Gasteiger partial charge in [-0.3, -0.25) is 4.72 Å². The molecule has 8 heteroatoms. The first-order chi connectivity index (χ1) is 15.5. The number of carbonyl (C=O) groups is 1. The molecule has 0 saturated heterocycles. The fraction of sp³-hybridized carbons (Fsp3) is 0.0833. The Hall–Kier alpha value is -3.91. The van der Waals surface area contributed by atoms with Gasteiger partial charge in [-0.2, -0.15) is 0 Å². The van der Waals surface area contributed by atoms with E-state index < -0.39 is 16.0 Å². The molecule has 0 aliphatic carbocycles. The molecular formula is C24H20N2O5S. The van der Waals surface area contributed by atoms with Gasteiger partial charge in [0.25, 0.3) is 10.0 Å². The number of anilines is 1. The summed E-state index contributed by atoms with van der Waals surface area (Å²) in [5.41, 5.74) is 1.82. The molecule has 0 bridgehead atoms. The van der Waals surface area contributed by atoms with Crippen molar-refractivity contribution in [2.45, 2.75) is 11.8 Å². The Morgan fingerprint density at radius 2 is 1.62 bits per heavy atom. The highest BCUT2D eigenvalue weighted by atomic mass is 32.2. The summed E-state index contributed by atoms with van der Waals surface area (Å²) in [5.74, 6) is 0.405. The number of hydrogen-bond donors (Lipinski definition) is 1. The second-order valence-electron chi connectivity index (χ2n) is 6.79. The summed E-state index contributed by atoms with van der Waals surface area (Å²) in [4.78, 5) is 16.4. The predicted molar refractivity (Wildman–Crippen MR) is 121 cm³/mol. The van der Waals surface area contributed by atoms with Gasteiger partial charge in [0.05, 0.1) is 29.0 Å². The Balaban J connectivity index is 1.56. The molecule has 0 fully saturated rings. The molecule has 1 N–H and O–H groups in total. The van der Waals surface area contributed by atoms with Crippen LogP contribution in [0.2, 0.25) is 0 Å². The summed E-state index contributed by atoms with van der Waals surface area (Å²) < 4.78 is 39.0. The van der Waals surface area contributed by atoms with Gasteiger partial charge in [0, 0.05) is 11.1 Å². The Morgan fingerprint density at radius 1 is 0.938 bits per heavy atom. The van der Waals surface area contributed by atoms with E-state index in [1.54, 1.807) is 37.4 Å². The maximum Gasteiger partial charge on any atom is 0.340 e. The zero-order valence-corrected chi connectivity index (χ0v) is 18.0. The van der Waals surface area contributed by atoms with Gasteiger partial charge in [-0.25, -0.2) is 18.2 Å². The molecule has 0 spiro atoms. The van der Waals surface area contributed by atoms with Gasteiger partial charge in [0.1, 0.15) is 0 Å². The average Bonchev–Trinajstić information content (AvgIpc) is 3.30. The lowest BCUT2D eigenvalue weighted by atomic mass is 10.2. The maximum absolute atomic E-state index is 12.9. The SMILES string of the molecule is CCOC(=O)c1ccccc1NS(=O)(=O)c1ccc(-c2ncc(-c3ccccc3)o2)cc1. The number of hydrogen-bond acceptors (Lipinski definition) is 6. The van der Waals surface area contributed by atoms with Gasteiger partial charge in [-0.15, -0.1) is 0 Å². The maximum atomic E-state index is 12.9. The molecular weight excluding hydrogens is 428 g/mol. The number of rotatable bonds is 7. The Bertz CT molecular complexity index is 1330. The number of esters is 1. The van der Waals surface area contributed by atoms with E-state index in [1.165, 1.54) is 24.3 Å². The first-order valence-electron chi connectivity index (χ1n) is 9.88. The summed E-state index contributed by atoms with van der Waals surface area (Å²) in [7, 11) is -3.93. The van der Waals surface area contributed by atoms with Gasteiger partial charge in [-0.1, -0.05) is 42.5 Å². The summed E-state index contributed by atoms with van der Waals surface area (Å²) in [6, 6.07) is 22.0. The first-order valence-corrected chi connectivity index (χ1v) is 11.4. The van der Waals surface area contributed by atoms with Crippen molar-refractivity contribution in [3.8, 4) is 22.8 Å². The zero-order chi connectivity index (χ0) is 22.6. The molecule has 0 unspecified atom stereocenters. The molecule has 0 saturated carbocycles. The van der Waals surface area contributed by atoms with Crippen LogP contribution in [-0.4, -0.2) is 26.0 Å². The minimum absolute atomic E-state index is 0.0368. The average molecular weight is 449 g/mol. The van der Waals surface area contributed by atoms with Crippen LogP contribution >= 0.6 is 0 Å². The van der Waals surface area contributed by atoms with Crippen molar-refractivity contribution in [2.75, 3.05) is 11.3 Å². The lowest BCUT2D eigenvalue weighted by molar-refractivity contribution is 0.0527. The number of para-hydroxylation sites is 1. The van der Waals surface area contributed by atoms with Crippen LogP contribution in [0.15, 0.2) is 94.4 Å². The van der Waals surface area contributed by atoms with E-state index in [0.29, 0.717) is 17.2 Å². The highest BCUT2D eigenvalue weighted by molar-refractivity contribution is 7.92. The number of oxazole rings is 1. The number of nitrogens with one attached hydrogen (secondary N) is 1. The quantitative estimate of drug-likeness (QED) is 0.400. The van der Waals surface area contributed by atoms with E-state index in [9.17, 15) is 13.2 Å². The minimum Gasteiger partial charge on any atom is -0.462 e. The summed E-state index contributed by atoms with van der Waals surface area (Å²) in [6.45, 7) is 1.87. The van der Waals surface area contributed by atoms with E-state index in [0.717, 1.165) is 5.56 Å². The van der Waals surface area contributed by atoms with Crippen molar-refractivity contribution in [3.05, 3.63) is 90.6 Å². The molecule has 1 heterocycles. The van der Waals surface area contributed by atoms with Gasteiger partial charge in [0.15, 0.2) is 5.76 Å². The predicted octanol–water partition coefficient (Wildman–Crippen LogP) is 4.99. The van der Waals surface area contributed by atoms with Crippen LogP contribution in [0.25, 0.3) is 22.8 Å². The highest BCUT2D eigenvalue weighted by Crippen LogP contribution is 2.27. The molecule has 4 rings (SSSR count). The largest absolute Gasteiger partial charge is 0.462 e. The van der Waals surface area contributed by atoms with E-state index in [4.69, 9.17) is 9.15 Å². The standard InChI is InChI=1S/C24H20N2O5S/c1-2-30-24(27)20-10-6-7-11-21(20)26-32(28,29)19-14-12-18(13-15-19)23-25-16-22(31-23)17-8-4-3-5-9-17/h3-16,26H,2H2,1H3. The number of benzene rings is 3. The molecule has 0 radical (unpaired) electrons. The van der Waals surface area contributed by atoms with Crippen molar-refractivity contribution < 1.29 is 22.4 Å². The van der Waals surface area contributed by atoms with Crippen molar-refractivity contribution in [3.63, 3.8) is 0 Å². The molecule has 162 valence electrons. The summed E-state index contributed by atoms with van der Waals surface area (Å²) in [6.07, 6.45) is 1.63. The molecule has 4 aromatic rings. The van der Waals surface area contributed by atoms with Crippen LogP contribution in [0.3, 0.4) is 0 Å². The minimum atomic E-state index is -3.93. The monoisotopic (exact) mass is 448 g/mol. The Morgan fingerprint density at radius 3 is 2.34 bits per heavy atom. The van der Waals surface area contributed by atoms with Gasteiger partial charge >= 0.3 is 5.97 Å². The lowest BCUT2D eigenvalue weighted by Crippen LogP contribution is -2.16. The molecule has 3 aromatic carbocycles. The molecule has 0 aliphatic rings. The van der Waals surface area contributed by atoms with Crippen LogP contribution in [0.4, 0.5) is 5.69 Å². The number of aromatic nitrogens is 1. The van der Waals surface area contributed by atoms with Crippen molar-refractivity contribution >= 4 is 21.7 Å². The Kier molecular flexibility index (Phi) is 6.04. The highest BCUT2D eigenvalue weighted by Gasteiger charge is 2.19. The van der Waals surface area contributed by atoms with Crippen LogP contribution in [-0.2, 0) is 14.8 Å². The van der Waals surface area contributed by atoms with E-state index in [2.05, 4.69) is 9.71 Å². The van der Waals surface area contributed by atoms with E-state index in [-0.39, 0.29) is 22.8 Å². The van der Waals surface area contributed by atoms with E-state index >= 15 is 0 Å². The number of ether oxygens (including phenoxy) is 1. The van der Waals surface area contributed by atoms with Crippen LogP contribution in [0.5, 0.6) is 0 Å². The van der Waals surface area contributed by atoms with Crippen molar-refractivity contribution in [2.24, 2.45) is 0 Å². The number of carbonyl (C=O) groups excluding carboxylic acids is 1. The van der Waals surface area contributed by atoms with Gasteiger partial charge in [0.2, 0.25) is 5.89 Å². The topological polar surface area (TPSA) is 98.5 Å². The smallest absolute Gasteiger partial charge is 0.340 e. The third kappa shape index (κ3) is 4.55. The first kappa shape index (κ1) is 21.3. The zero-order valence-electron chi connectivity index (χ0n) is 17.2. The normalized spacial score (nSPS) is 11.2. The van der Waals surface area contributed by atoms with Gasteiger partial charge in [-0.05, 0) is 43.3 Å². The van der Waals surface area contributed by atoms with Crippen molar-refractivity contribution in [1.82, 2.24) is 4.98 Å². The molecule has 0 aliphatic heterocycles. The molecule has 1 aromatic heterocycles. The molecule has 32 heavy (non-hydrogen) atoms.